The number of H-pyrrole nitrogens is 1. The van der Waals surface area contributed by atoms with Gasteiger partial charge in [-0.05, 0) is 63.4 Å². The number of hydrogen-bond donors (Lipinski definition) is 6. The Balaban J connectivity index is 2.17. The van der Waals surface area contributed by atoms with Crippen LogP contribution in [0.1, 0.15) is 52.0 Å². The van der Waals surface area contributed by atoms with Crippen molar-refractivity contribution in [1.82, 2.24) is 31.2 Å². The highest BCUT2D eigenvalue weighted by Gasteiger charge is 2.29. The van der Waals surface area contributed by atoms with E-state index in [4.69, 9.17) is 10.5 Å². The van der Waals surface area contributed by atoms with E-state index in [9.17, 15) is 19.2 Å². The van der Waals surface area contributed by atoms with Gasteiger partial charge in [-0.15, -0.1) is 0 Å². The maximum Gasteiger partial charge on any atom is 0.413 e. The average Bonchev–Trinajstić information content (AvgIpc) is 3.31. The van der Waals surface area contributed by atoms with Crippen LogP contribution in [0.5, 0.6) is 5.75 Å². The molecule has 222 valence electrons. The highest BCUT2D eigenvalue weighted by atomic mass is 16.6. The molecular formula is C28H45N7O5. The first-order chi connectivity index (χ1) is 19.0. The number of hydrogen-bond acceptors (Lipinski definition) is 6. The summed E-state index contributed by atoms with van der Waals surface area (Å²) < 4.78 is 5.69. The van der Waals surface area contributed by atoms with Gasteiger partial charge in [0, 0.05) is 36.7 Å². The Bertz CT molecular complexity index is 1130. The Morgan fingerprint density at radius 1 is 1.02 bits per heavy atom. The van der Waals surface area contributed by atoms with E-state index in [0.717, 1.165) is 42.3 Å². The maximum absolute atomic E-state index is 13.3. The number of aromatic amines is 1. The van der Waals surface area contributed by atoms with Gasteiger partial charge < -0.3 is 41.6 Å². The van der Waals surface area contributed by atoms with Crippen LogP contribution in [0.15, 0.2) is 24.4 Å². The van der Waals surface area contributed by atoms with E-state index >= 15 is 0 Å². The number of amides is 5. The Labute approximate surface area is 236 Å². The first-order valence-electron chi connectivity index (χ1n) is 13.9. The SMILES string of the molecule is CCCCNC(=O)[C@H](NC(=O)[C@@H](CCCNC(N)=O)NC(=O)Oc1cccc2[nH]cc(CCN(C)C)c12)C(C)C. The average molecular weight is 560 g/mol. The number of likely N-dealkylation sites (N-methyl/N-ethyl adjacent to an activating group) is 1. The zero-order chi connectivity index (χ0) is 29.7. The second-order valence-electron chi connectivity index (χ2n) is 10.4. The van der Waals surface area contributed by atoms with Crippen LogP contribution in [-0.4, -0.2) is 79.6 Å². The van der Waals surface area contributed by atoms with Crippen molar-refractivity contribution < 1.29 is 23.9 Å². The second kappa shape index (κ2) is 16.3. The molecule has 2 aromatic rings. The molecule has 5 amide bonds. The molecule has 7 N–H and O–H groups in total. The van der Waals surface area contributed by atoms with Gasteiger partial charge in [0.25, 0.3) is 0 Å². The normalized spacial score (nSPS) is 12.7. The minimum absolute atomic E-state index is 0.179. The number of fused-ring (bicyclic) bond motifs is 1. The molecule has 2 rings (SSSR count). The Morgan fingerprint density at radius 3 is 2.40 bits per heavy atom. The zero-order valence-corrected chi connectivity index (χ0v) is 24.3. The van der Waals surface area contributed by atoms with E-state index in [1.807, 2.05) is 47.1 Å². The summed E-state index contributed by atoms with van der Waals surface area (Å²) in [6.07, 6.45) is 4.16. The van der Waals surface area contributed by atoms with E-state index < -0.39 is 30.1 Å². The molecule has 1 heterocycles. The summed E-state index contributed by atoms with van der Waals surface area (Å²) in [5.74, 6) is -0.610. The second-order valence-corrected chi connectivity index (χ2v) is 10.4. The van der Waals surface area contributed by atoms with Crippen molar-refractivity contribution in [2.45, 2.75) is 65.0 Å². The third-order valence-electron chi connectivity index (χ3n) is 6.43. The van der Waals surface area contributed by atoms with Gasteiger partial charge in [0.15, 0.2) is 0 Å². The summed E-state index contributed by atoms with van der Waals surface area (Å²) in [6, 6.07) is 2.92. The van der Waals surface area contributed by atoms with Crippen molar-refractivity contribution in [1.29, 1.82) is 0 Å². The third-order valence-corrected chi connectivity index (χ3v) is 6.43. The zero-order valence-electron chi connectivity index (χ0n) is 24.3. The van der Waals surface area contributed by atoms with Crippen LogP contribution >= 0.6 is 0 Å². The van der Waals surface area contributed by atoms with Crippen LogP contribution in [0.2, 0.25) is 0 Å². The van der Waals surface area contributed by atoms with Gasteiger partial charge in [-0.25, -0.2) is 9.59 Å². The molecule has 0 radical (unpaired) electrons. The van der Waals surface area contributed by atoms with Crippen molar-refractivity contribution >= 4 is 34.8 Å². The van der Waals surface area contributed by atoms with Gasteiger partial charge in [-0.3, -0.25) is 9.59 Å². The smallest absolute Gasteiger partial charge is 0.410 e. The highest BCUT2D eigenvalue weighted by Crippen LogP contribution is 2.29. The molecule has 1 aromatic carbocycles. The number of urea groups is 1. The van der Waals surface area contributed by atoms with Crippen molar-refractivity contribution in [2.24, 2.45) is 11.7 Å². The Kier molecular flexibility index (Phi) is 13.2. The van der Waals surface area contributed by atoms with Gasteiger partial charge in [0.05, 0.1) is 0 Å². The quantitative estimate of drug-likeness (QED) is 0.172. The van der Waals surface area contributed by atoms with Gasteiger partial charge in [0.1, 0.15) is 17.8 Å². The van der Waals surface area contributed by atoms with Gasteiger partial charge in [-0.1, -0.05) is 33.3 Å². The molecular weight excluding hydrogens is 514 g/mol. The van der Waals surface area contributed by atoms with E-state index in [1.165, 1.54) is 0 Å². The predicted octanol–water partition coefficient (Wildman–Crippen LogP) is 2.23. The monoisotopic (exact) mass is 559 g/mol. The Morgan fingerprint density at radius 2 is 1.75 bits per heavy atom. The standard InChI is InChI=1S/C28H45N7O5/c1-6-7-14-30-26(37)24(18(2)3)34-25(36)21(11-9-15-31-27(29)38)33-28(39)40-22-12-8-10-20-23(22)19(17-32-20)13-16-35(4)5/h8,10,12,17-18,21,24,32H,6-7,9,11,13-16H2,1-5H3,(H,30,37)(H,33,39)(H,34,36)(H3,29,31,38)/t21-,24-/m1/s1. The molecule has 12 heteroatoms. The molecule has 12 nitrogen and oxygen atoms in total. The van der Waals surface area contributed by atoms with Gasteiger partial charge in [0.2, 0.25) is 11.8 Å². The van der Waals surface area contributed by atoms with E-state index in [0.29, 0.717) is 18.7 Å². The fraction of sp³-hybridized carbons (Fsp3) is 0.571. The number of primary amides is 1. The van der Waals surface area contributed by atoms with Crippen LogP contribution in [-0.2, 0) is 16.0 Å². The van der Waals surface area contributed by atoms with Crippen molar-refractivity contribution in [3.05, 3.63) is 30.0 Å². The first kappa shape index (κ1) is 32.4. The number of nitrogens with zero attached hydrogens (tertiary/aromatic N) is 1. The molecule has 0 bridgehead atoms. The summed E-state index contributed by atoms with van der Waals surface area (Å²) in [7, 11) is 3.98. The van der Waals surface area contributed by atoms with Crippen LogP contribution in [0, 0.1) is 5.92 Å². The number of ether oxygens (including phenoxy) is 1. The van der Waals surface area contributed by atoms with Crippen molar-refractivity contribution in [3.8, 4) is 5.75 Å². The molecule has 0 aliphatic heterocycles. The summed E-state index contributed by atoms with van der Waals surface area (Å²) in [6.45, 7) is 7.25. The van der Waals surface area contributed by atoms with E-state index in [2.05, 4.69) is 31.2 Å². The van der Waals surface area contributed by atoms with Crippen molar-refractivity contribution in [3.63, 3.8) is 0 Å². The maximum atomic E-state index is 13.3. The summed E-state index contributed by atoms with van der Waals surface area (Å²) in [5, 5.41) is 11.6. The van der Waals surface area contributed by atoms with Crippen LogP contribution in [0.4, 0.5) is 9.59 Å². The Hall–Kier alpha value is -3.80. The lowest BCUT2D eigenvalue weighted by Crippen LogP contribution is -2.56. The summed E-state index contributed by atoms with van der Waals surface area (Å²) in [4.78, 5) is 55.4. The number of rotatable bonds is 16. The molecule has 0 fully saturated rings. The lowest BCUT2D eigenvalue weighted by atomic mass is 10.0. The number of nitrogens with two attached hydrogens (primary N) is 1. The lowest BCUT2D eigenvalue weighted by molar-refractivity contribution is -0.131. The van der Waals surface area contributed by atoms with Crippen LogP contribution in [0.3, 0.4) is 0 Å². The molecule has 0 aliphatic rings. The number of nitrogens with one attached hydrogen (secondary N) is 5. The molecule has 0 aliphatic carbocycles. The third kappa shape index (κ3) is 10.4. The van der Waals surface area contributed by atoms with Gasteiger partial charge >= 0.3 is 12.1 Å². The topological polar surface area (TPSA) is 171 Å². The summed E-state index contributed by atoms with van der Waals surface area (Å²) in [5.41, 5.74) is 6.98. The summed E-state index contributed by atoms with van der Waals surface area (Å²) >= 11 is 0. The first-order valence-corrected chi connectivity index (χ1v) is 13.9. The highest BCUT2D eigenvalue weighted by molar-refractivity contribution is 5.93. The fourth-order valence-corrected chi connectivity index (χ4v) is 4.19. The largest absolute Gasteiger partial charge is 0.413 e. The predicted molar refractivity (Wildman–Crippen MR) is 155 cm³/mol. The van der Waals surface area contributed by atoms with E-state index in [-0.39, 0.29) is 24.8 Å². The lowest BCUT2D eigenvalue weighted by Gasteiger charge is -2.25. The number of carbonyl (C=O) groups is 4. The molecule has 0 saturated carbocycles. The number of unbranched alkanes of at least 4 members (excludes halogenated alkanes) is 1. The van der Waals surface area contributed by atoms with Crippen LogP contribution in [0.25, 0.3) is 10.9 Å². The number of aromatic nitrogens is 1. The van der Waals surface area contributed by atoms with E-state index in [1.54, 1.807) is 12.1 Å². The molecule has 0 spiro atoms. The van der Waals surface area contributed by atoms with Crippen molar-refractivity contribution in [2.75, 3.05) is 33.7 Å². The minimum atomic E-state index is -1.01. The molecule has 40 heavy (non-hydrogen) atoms. The van der Waals surface area contributed by atoms with Crippen LogP contribution < -0.4 is 31.7 Å². The molecule has 1 aromatic heterocycles. The molecule has 2 atom stereocenters. The molecule has 0 saturated heterocycles. The molecule has 0 unspecified atom stereocenters. The number of benzene rings is 1. The fourth-order valence-electron chi connectivity index (χ4n) is 4.19. The minimum Gasteiger partial charge on any atom is -0.410 e. The van der Waals surface area contributed by atoms with Gasteiger partial charge in [-0.2, -0.15) is 0 Å². The number of carbonyl (C=O) groups excluding carboxylic acids is 4.